The summed E-state index contributed by atoms with van der Waals surface area (Å²) in [5.41, 5.74) is 3.00. The van der Waals surface area contributed by atoms with Crippen molar-refractivity contribution in [1.82, 2.24) is 9.80 Å². The molecule has 2 heterocycles. The molecule has 3 rings (SSSR count). The Morgan fingerprint density at radius 2 is 1.92 bits per heavy atom. The first-order valence-electron chi connectivity index (χ1n) is 14.3. The first kappa shape index (κ1) is 32.6. The zero-order valence-corrected chi connectivity index (χ0v) is 24.1. The second kappa shape index (κ2) is 19.6. The molecule has 2 saturated heterocycles. The Kier molecular flexibility index (Phi) is 17.3. The van der Waals surface area contributed by atoms with Crippen LogP contribution in [0.4, 0.5) is 0 Å². The second-order valence-corrected chi connectivity index (χ2v) is 9.29. The van der Waals surface area contributed by atoms with Crippen molar-refractivity contribution in [3.63, 3.8) is 0 Å². The van der Waals surface area contributed by atoms with Crippen LogP contribution >= 0.6 is 0 Å². The first-order valence-corrected chi connectivity index (χ1v) is 14.3. The topological polar surface area (TPSA) is 58.8 Å². The van der Waals surface area contributed by atoms with Gasteiger partial charge in [0.2, 0.25) is 0 Å². The summed E-state index contributed by atoms with van der Waals surface area (Å²) in [6.07, 6.45) is 21.7. The van der Waals surface area contributed by atoms with Crippen LogP contribution < -0.4 is 0 Å². The Labute approximate surface area is 226 Å². The van der Waals surface area contributed by atoms with Crippen molar-refractivity contribution < 1.29 is 9.66 Å². The molecule has 2 aliphatic heterocycles. The highest BCUT2D eigenvalue weighted by atomic mass is 16.6. The number of hydrogen-bond acceptors (Lipinski definition) is 5. The second-order valence-electron chi connectivity index (χ2n) is 9.29. The van der Waals surface area contributed by atoms with E-state index in [-0.39, 0.29) is 5.70 Å². The van der Waals surface area contributed by atoms with Crippen molar-refractivity contribution in [1.29, 1.82) is 0 Å². The summed E-state index contributed by atoms with van der Waals surface area (Å²) >= 11 is 0. The van der Waals surface area contributed by atoms with E-state index in [2.05, 4.69) is 43.3 Å². The van der Waals surface area contributed by atoms with Crippen molar-refractivity contribution in [3.05, 3.63) is 81.8 Å². The predicted molar refractivity (Wildman–Crippen MR) is 157 cm³/mol. The summed E-state index contributed by atoms with van der Waals surface area (Å²) in [4.78, 5) is 14.8. The summed E-state index contributed by atoms with van der Waals surface area (Å²) in [5, 5.41) is 10.2. The van der Waals surface area contributed by atoms with E-state index in [0.717, 1.165) is 45.3 Å². The highest BCUT2D eigenvalue weighted by Gasteiger charge is 2.27. The maximum Gasteiger partial charge on any atom is 0.269 e. The molecule has 37 heavy (non-hydrogen) atoms. The molecule has 0 radical (unpaired) electrons. The maximum absolute atomic E-state index is 10.2. The number of rotatable bonds is 9. The number of likely N-dealkylation sites (N-methyl/N-ethyl adjacent to an activating group) is 1. The predicted octanol–water partition coefficient (Wildman–Crippen LogP) is 7.46. The van der Waals surface area contributed by atoms with Crippen LogP contribution in [-0.4, -0.2) is 60.6 Å². The average molecular weight is 514 g/mol. The van der Waals surface area contributed by atoms with Gasteiger partial charge in [-0.25, -0.2) is 0 Å². The lowest BCUT2D eigenvalue weighted by Crippen LogP contribution is -2.39. The lowest BCUT2D eigenvalue weighted by molar-refractivity contribution is -0.419. The zero-order chi connectivity index (χ0) is 27.5. The van der Waals surface area contributed by atoms with Crippen molar-refractivity contribution in [3.8, 4) is 0 Å². The molecule has 0 spiro atoms. The molecule has 0 bridgehead atoms. The molecule has 1 atom stereocenters. The third-order valence-electron chi connectivity index (χ3n) is 6.81. The molecule has 0 amide bonds. The number of nitro groups is 1. The SMILES string of the molecule is C=C/C=C1\C(=C(/CC)OCCCN2CCCCC2)CCN(C)[C@H]1CC.CC.O=[N+]([O-])C1=CC=CCC=C1. The van der Waals surface area contributed by atoms with E-state index in [1.54, 1.807) is 12.2 Å². The van der Waals surface area contributed by atoms with E-state index in [0.29, 0.717) is 6.04 Å². The van der Waals surface area contributed by atoms with Crippen LogP contribution in [0.15, 0.2) is 71.7 Å². The van der Waals surface area contributed by atoms with Crippen molar-refractivity contribution in [2.45, 2.75) is 85.1 Å². The van der Waals surface area contributed by atoms with Crippen molar-refractivity contribution >= 4 is 0 Å². The van der Waals surface area contributed by atoms with Gasteiger partial charge >= 0.3 is 0 Å². The Morgan fingerprint density at radius 3 is 2.54 bits per heavy atom. The number of hydrogen-bond donors (Lipinski definition) is 0. The van der Waals surface area contributed by atoms with Crippen LogP contribution in [0, 0.1) is 10.1 Å². The largest absolute Gasteiger partial charge is 0.498 e. The van der Waals surface area contributed by atoms with Crippen LogP contribution in [0.5, 0.6) is 0 Å². The van der Waals surface area contributed by atoms with Gasteiger partial charge in [0.25, 0.3) is 5.70 Å². The van der Waals surface area contributed by atoms with E-state index < -0.39 is 4.92 Å². The standard InChI is InChI=1S/C22H38N2O.C7H7NO2.C2H6/c1-5-12-19-20(13-17-23(4)21(19)6-2)22(7-3)25-18-11-16-24-14-9-8-10-15-24;9-8(10)7-5-3-1-2-4-6-7;1-2/h5,12,21H,1,6-11,13-18H2,2-4H3;1,3-6H,2H2;1-2H3/b19-12+,22-20+;;/t21-;;/m0../s1. The minimum Gasteiger partial charge on any atom is -0.498 e. The van der Waals surface area contributed by atoms with E-state index in [1.807, 2.05) is 26.0 Å². The average Bonchev–Trinajstić information content (AvgIpc) is 3.22. The van der Waals surface area contributed by atoms with Crippen LogP contribution in [-0.2, 0) is 4.74 Å². The highest BCUT2D eigenvalue weighted by Crippen LogP contribution is 2.32. The van der Waals surface area contributed by atoms with E-state index >= 15 is 0 Å². The van der Waals surface area contributed by atoms with E-state index in [1.165, 1.54) is 68.0 Å². The molecule has 6 nitrogen and oxygen atoms in total. The van der Waals surface area contributed by atoms with Gasteiger partial charge in [0.05, 0.1) is 17.3 Å². The Hall–Kier alpha value is -2.44. The molecule has 0 aromatic carbocycles. The number of allylic oxidation sites excluding steroid dienone is 8. The molecule has 3 aliphatic rings. The number of nitrogens with zero attached hydrogens (tertiary/aromatic N) is 3. The zero-order valence-electron chi connectivity index (χ0n) is 24.1. The minimum absolute atomic E-state index is 0.147. The Bertz CT molecular complexity index is 833. The summed E-state index contributed by atoms with van der Waals surface area (Å²) in [7, 11) is 2.23. The summed E-state index contributed by atoms with van der Waals surface area (Å²) in [6, 6.07) is 0.486. The molecule has 0 N–H and O–H groups in total. The van der Waals surface area contributed by atoms with Gasteiger partial charge in [0.1, 0.15) is 0 Å². The molecule has 0 aromatic heterocycles. The molecule has 2 fully saturated rings. The fraction of sp³-hybridized carbons (Fsp3) is 0.613. The van der Waals surface area contributed by atoms with Gasteiger partial charge in [-0.1, -0.05) is 71.1 Å². The van der Waals surface area contributed by atoms with Crippen LogP contribution in [0.1, 0.15) is 79.1 Å². The van der Waals surface area contributed by atoms with Gasteiger partial charge in [-0.3, -0.25) is 15.0 Å². The lowest BCUT2D eigenvalue weighted by Gasteiger charge is -2.37. The molecule has 0 aromatic rings. The van der Waals surface area contributed by atoms with Gasteiger partial charge in [0, 0.05) is 37.7 Å². The summed E-state index contributed by atoms with van der Waals surface area (Å²) < 4.78 is 6.29. The minimum atomic E-state index is -0.397. The fourth-order valence-corrected chi connectivity index (χ4v) is 4.96. The van der Waals surface area contributed by atoms with E-state index in [4.69, 9.17) is 4.74 Å². The quantitative estimate of drug-likeness (QED) is 0.139. The van der Waals surface area contributed by atoms with Gasteiger partial charge < -0.3 is 9.64 Å². The Balaban J connectivity index is 0.000000475. The Morgan fingerprint density at radius 1 is 1.19 bits per heavy atom. The third-order valence-corrected chi connectivity index (χ3v) is 6.81. The number of piperidine rings is 2. The monoisotopic (exact) mass is 513 g/mol. The van der Waals surface area contributed by atoms with Gasteiger partial charge in [-0.2, -0.15) is 0 Å². The van der Waals surface area contributed by atoms with Gasteiger partial charge in [-0.15, -0.1) is 0 Å². The molecule has 208 valence electrons. The lowest BCUT2D eigenvalue weighted by atomic mass is 9.87. The van der Waals surface area contributed by atoms with E-state index in [9.17, 15) is 10.1 Å². The van der Waals surface area contributed by atoms with Crippen LogP contribution in [0.3, 0.4) is 0 Å². The fourth-order valence-electron chi connectivity index (χ4n) is 4.96. The highest BCUT2D eigenvalue weighted by molar-refractivity contribution is 5.41. The molecule has 0 unspecified atom stereocenters. The molecular formula is C31H51N3O3. The van der Waals surface area contributed by atoms with Gasteiger partial charge in [0.15, 0.2) is 0 Å². The first-order chi connectivity index (χ1) is 18.0. The molecule has 6 heteroatoms. The summed E-state index contributed by atoms with van der Waals surface area (Å²) in [5.74, 6) is 1.21. The normalized spacial score (nSPS) is 22.6. The number of likely N-dealkylation sites (tertiary alicyclic amines) is 2. The smallest absolute Gasteiger partial charge is 0.269 e. The third kappa shape index (κ3) is 11.7. The summed E-state index contributed by atoms with van der Waals surface area (Å²) in [6.45, 7) is 18.1. The van der Waals surface area contributed by atoms with Crippen LogP contribution in [0.2, 0.25) is 0 Å². The molecule has 0 saturated carbocycles. The maximum atomic E-state index is 10.2. The van der Waals surface area contributed by atoms with Crippen molar-refractivity contribution in [2.24, 2.45) is 0 Å². The molecular weight excluding hydrogens is 462 g/mol. The molecule has 1 aliphatic carbocycles. The van der Waals surface area contributed by atoms with Gasteiger partial charge in [-0.05, 0) is 69.8 Å². The van der Waals surface area contributed by atoms with Crippen LogP contribution in [0.25, 0.3) is 0 Å². The number of ether oxygens (including phenoxy) is 1. The van der Waals surface area contributed by atoms with Crippen molar-refractivity contribution in [2.75, 3.05) is 39.8 Å².